The zero-order valence-corrected chi connectivity index (χ0v) is 16.4. The first-order chi connectivity index (χ1) is 13.7. The molecule has 0 spiro atoms. The Morgan fingerprint density at radius 2 is 1.72 bits per heavy atom. The molecule has 0 saturated carbocycles. The number of amides is 4. The molecule has 1 atom stereocenters. The smallest absolute Gasteiger partial charge is 0.337 e. The van der Waals surface area contributed by atoms with Crippen LogP contribution < -0.4 is 10.6 Å². The standard InChI is InChI=1S/C20H18ClN3O5/c1-20(13-5-7-14(21)8-6-13)18(27)24(19(28)23-20)11-16(25)22-15-9-3-12(4-10-15)17(26)29-2/h3-10H,11H2,1-2H3,(H,22,25)(H,23,28)/t20-/m1/s1. The number of esters is 1. The second kappa shape index (κ2) is 7.92. The van der Waals surface area contributed by atoms with E-state index in [0.29, 0.717) is 21.8 Å². The Labute approximate surface area is 171 Å². The lowest BCUT2D eigenvalue weighted by Crippen LogP contribution is -2.42. The van der Waals surface area contributed by atoms with Gasteiger partial charge in [-0.2, -0.15) is 0 Å². The minimum Gasteiger partial charge on any atom is -0.465 e. The fraction of sp³-hybridized carbons (Fsp3) is 0.200. The summed E-state index contributed by atoms with van der Waals surface area (Å²) in [5, 5.41) is 5.71. The zero-order chi connectivity index (χ0) is 21.2. The molecule has 8 nitrogen and oxygen atoms in total. The average Bonchev–Trinajstić information content (AvgIpc) is 2.92. The molecule has 2 aromatic carbocycles. The SMILES string of the molecule is COC(=O)c1ccc(NC(=O)CN2C(=O)N[C@](C)(c3ccc(Cl)cc3)C2=O)cc1. The van der Waals surface area contributed by atoms with Crippen LogP contribution in [0.25, 0.3) is 0 Å². The predicted octanol–water partition coefficient (Wildman–Crippen LogP) is 2.53. The molecule has 0 bridgehead atoms. The third kappa shape index (κ3) is 4.07. The summed E-state index contributed by atoms with van der Waals surface area (Å²) in [7, 11) is 1.27. The van der Waals surface area contributed by atoms with Crippen molar-refractivity contribution in [1.29, 1.82) is 0 Å². The van der Waals surface area contributed by atoms with Crippen molar-refractivity contribution in [2.45, 2.75) is 12.5 Å². The fourth-order valence-corrected chi connectivity index (χ4v) is 3.10. The van der Waals surface area contributed by atoms with Crippen molar-refractivity contribution in [1.82, 2.24) is 10.2 Å². The van der Waals surface area contributed by atoms with Gasteiger partial charge in [0.1, 0.15) is 12.1 Å². The highest BCUT2D eigenvalue weighted by Crippen LogP contribution is 2.29. The Balaban J connectivity index is 1.69. The highest BCUT2D eigenvalue weighted by Gasteiger charge is 2.49. The summed E-state index contributed by atoms with van der Waals surface area (Å²) in [5.74, 6) is -1.59. The van der Waals surface area contributed by atoms with Gasteiger partial charge in [0.05, 0.1) is 12.7 Å². The Hall–Kier alpha value is -3.39. The van der Waals surface area contributed by atoms with Gasteiger partial charge in [0.2, 0.25) is 5.91 Å². The van der Waals surface area contributed by atoms with Gasteiger partial charge in [-0.15, -0.1) is 0 Å². The second-order valence-electron chi connectivity index (χ2n) is 6.57. The lowest BCUT2D eigenvalue weighted by Gasteiger charge is -2.22. The number of carbonyl (C=O) groups is 4. The Morgan fingerprint density at radius 3 is 2.31 bits per heavy atom. The molecular weight excluding hydrogens is 398 g/mol. The van der Waals surface area contributed by atoms with Gasteiger partial charge < -0.3 is 15.4 Å². The molecule has 2 aromatic rings. The minimum absolute atomic E-state index is 0.332. The molecule has 0 radical (unpaired) electrons. The lowest BCUT2D eigenvalue weighted by molar-refractivity contribution is -0.133. The number of benzene rings is 2. The molecule has 9 heteroatoms. The molecule has 1 aliphatic rings. The van der Waals surface area contributed by atoms with Crippen molar-refractivity contribution in [3.63, 3.8) is 0 Å². The summed E-state index contributed by atoms with van der Waals surface area (Å²) in [6, 6.07) is 11.9. The molecule has 1 aliphatic heterocycles. The van der Waals surface area contributed by atoms with E-state index in [2.05, 4.69) is 15.4 Å². The second-order valence-corrected chi connectivity index (χ2v) is 7.01. The van der Waals surface area contributed by atoms with Crippen LogP contribution in [-0.4, -0.2) is 42.4 Å². The van der Waals surface area contributed by atoms with Crippen LogP contribution >= 0.6 is 11.6 Å². The predicted molar refractivity (Wildman–Crippen MR) is 105 cm³/mol. The van der Waals surface area contributed by atoms with Crippen molar-refractivity contribution in [2.75, 3.05) is 19.0 Å². The minimum atomic E-state index is -1.29. The normalized spacial score (nSPS) is 18.4. The third-order valence-corrected chi connectivity index (χ3v) is 4.84. The lowest BCUT2D eigenvalue weighted by atomic mass is 9.92. The molecule has 4 amide bonds. The summed E-state index contributed by atoms with van der Waals surface area (Å²) in [5.41, 5.74) is 0.0134. The summed E-state index contributed by atoms with van der Waals surface area (Å²) >= 11 is 5.88. The van der Waals surface area contributed by atoms with E-state index in [4.69, 9.17) is 11.6 Å². The van der Waals surface area contributed by atoms with Crippen molar-refractivity contribution in [3.05, 3.63) is 64.7 Å². The monoisotopic (exact) mass is 415 g/mol. The first-order valence-electron chi connectivity index (χ1n) is 8.63. The number of nitrogens with one attached hydrogen (secondary N) is 2. The Morgan fingerprint density at radius 1 is 1.10 bits per heavy atom. The molecule has 2 N–H and O–H groups in total. The molecule has 0 aromatic heterocycles. The van der Waals surface area contributed by atoms with Gasteiger partial charge in [0, 0.05) is 10.7 Å². The summed E-state index contributed by atoms with van der Waals surface area (Å²) in [4.78, 5) is 49.8. The van der Waals surface area contributed by atoms with E-state index in [1.165, 1.54) is 31.4 Å². The van der Waals surface area contributed by atoms with Crippen molar-refractivity contribution in [3.8, 4) is 0 Å². The number of methoxy groups -OCH3 is 1. The number of carbonyl (C=O) groups excluding carboxylic acids is 4. The van der Waals surface area contributed by atoms with E-state index in [-0.39, 0.29) is 0 Å². The molecular formula is C20H18ClN3O5. The zero-order valence-electron chi connectivity index (χ0n) is 15.7. The summed E-state index contributed by atoms with van der Waals surface area (Å²) in [6.45, 7) is 1.12. The third-order valence-electron chi connectivity index (χ3n) is 4.59. The maximum atomic E-state index is 12.8. The van der Waals surface area contributed by atoms with E-state index < -0.39 is 35.9 Å². The quantitative estimate of drug-likeness (QED) is 0.576. The highest BCUT2D eigenvalue weighted by atomic mass is 35.5. The number of urea groups is 1. The van der Waals surface area contributed by atoms with Crippen LogP contribution in [0.5, 0.6) is 0 Å². The molecule has 0 aliphatic carbocycles. The number of halogens is 1. The van der Waals surface area contributed by atoms with Crippen LogP contribution in [0.1, 0.15) is 22.8 Å². The summed E-state index contributed by atoms with van der Waals surface area (Å²) in [6.07, 6.45) is 0. The number of hydrogen-bond acceptors (Lipinski definition) is 5. The van der Waals surface area contributed by atoms with Crippen LogP contribution in [0.2, 0.25) is 5.02 Å². The molecule has 0 unspecified atom stereocenters. The van der Waals surface area contributed by atoms with E-state index in [0.717, 1.165) is 4.90 Å². The Kier molecular flexibility index (Phi) is 5.56. The largest absolute Gasteiger partial charge is 0.465 e. The van der Waals surface area contributed by atoms with E-state index in [9.17, 15) is 19.2 Å². The van der Waals surface area contributed by atoms with E-state index >= 15 is 0 Å². The number of hydrogen-bond donors (Lipinski definition) is 2. The van der Waals surface area contributed by atoms with E-state index in [1.807, 2.05) is 0 Å². The maximum absolute atomic E-state index is 12.8. The fourth-order valence-electron chi connectivity index (χ4n) is 2.97. The number of anilines is 1. The van der Waals surface area contributed by atoms with Gasteiger partial charge in [-0.1, -0.05) is 23.7 Å². The topological polar surface area (TPSA) is 105 Å². The van der Waals surface area contributed by atoms with Crippen LogP contribution in [0.4, 0.5) is 10.5 Å². The van der Waals surface area contributed by atoms with Gasteiger partial charge in [-0.25, -0.2) is 9.59 Å². The van der Waals surface area contributed by atoms with Crippen LogP contribution in [0.3, 0.4) is 0 Å². The number of imide groups is 1. The van der Waals surface area contributed by atoms with Crippen LogP contribution in [0.15, 0.2) is 48.5 Å². The number of rotatable bonds is 5. The van der Waals surface area contributed by atoms with E-state index in [1.54, 1.807) is 31.2 Å². The number of ether oxygens (including phenoxy) is 1. The Bertz CT molecular complexity index is 975. The van der Waals surface area contributed by atoms with Crippen LogP contribution in [-0.2, 0) is 19.9 Å². The molecule has 150 valence electrons. The van der Waals surface area contributed by atoms with Gasteiger partial charge in [-0.05, 0) is 48.9 Å². The van der Waals surface area contributed by atoms with Crippen molar-refractivity contribution in [2.24, 2.45) is 0 Å². The number of nitrogens with zero attached hydrogens (tertiary/aromatic N) is 1. The molecule has 1 fully saturated rings. The van der Waals surface area contributed by atoms with Crippen molar-refractivity contribution < 1.29 is 23.9 Å². The maximum Gasteiger partial charge on any atom is 0.337 e. The van der Waals surface area contributed by atoms with Gasteiger partial charge in [0.25, 0.3) is 5.91 Å². The van der Waals surface area contributed by atoms with Gasteiger partial charge >= 0.3 is 12.0 Å². The van der Waals surface area contributed by atoms with Crippen LogP contribution in [0, 0.1) is 0 Å². The molecule has 1 saturated heterocycles. The van der Waals surface area contributed by atoms with Gasteiger partial charge in [0.15, 0.2) is 0 Å². The molecule has 3 rings (SSSR count). The first-order valence-corrected chi connectivity index (χ1v) is 9.01. The summed E-state index contributed by atoms with van der Waals surface area (Å²) < 4.78 is 4.61. The van der Waals surface area contributed by atoms with Gasteiger partial charge in [-0.3, -0.25) is 14.5 Å². The first kappa shape index (κ1) is 20.3. The molecule has 1 heterocycles. The average molecular weight is 416 g/mol. The molecule has 29 heavy (non-hydrogen) atoms. The van der Waals surface area contributed by atoms with Crippen molar-refractivity contribution >= 4 is 41.1 Å². The highest BCUT2D eigenvalue weighted by molar-refractivity contribution is 6.30.